The van der Waals surface area contributed by atoms with Gasteiger partial charge in [-0.2, -0.15) is 0 Å². The van der Waals surface area contributed by atoms with Crippen molar-refractivity contribution in [1.29, 1.82) is 0 Å². The van der Waals surface area contributed by atoms with Crippen molar-refractivity contribution in [2.75, 3.05) is 13.7 Å². The van der Waals surface area contributed by atoms with Crippen LogP contribution in [0, 0.1) is 5.92 Å². The van der Waals surface area contributed by atoms with Gasteiger partial charge in [-0.05, 0) is 25.2 Å². The van der Waals surface area contributed by atoms with Gasteiger partial charge in [0, 0.05) is 19.2 Å². The van der Waals surface area contributed by atoms with Gasteiger partial charge in [-0.25, -0.2) is 0 Å². The molecule has 2 heteroatoms. The third-order valence-electron chi connectivity index (χ3n) is 3.31. The number of rotatable bonds is 2. The van der Waals surface area contributed by atoms with Gasteiger partial charge in [-0.1, -0.05) is 12.8 Å². The number of hydrogen-bond acceptors (Lipinski definition) is 2. The van der Waals surface area contributed by atoms with Gasteiger partial charge in [0.1, 0.15) is 0 Å². The Labute approximate surface area is 74.7 Å². The average molecular weight is 169 g/mol. The van der Waals surface area contributed by atoms with E-state index in [9.17, 15) is 0 Å². The molecule has 2 nitrogen and oxygen atoms in total. The zero-order valence-corrected chi connectivity index (χ0v) is 7.88. The van der Waals surface area contributed by atoms with E-state index >= 15 is 0 Å². The fourth-order valence-electron chi connectivity index (χ4n) is 2.76. The van der Waals surface area contributed by atoms with E-state index in [1.807, 2.05) is 0 Å². The molecule has 1 heterocycles. The summed E-state index contributed by atoms with van der Waals surface area (Å²) >= 11 is 0. The minimum Gasteiger partial charge on any atom is -0.383 e. The third-order valence-corrected chi connectivity index (χ3v) is 3.31. The summed E-state index contributed by atoms with van der Waals surface area (Å²) in [7, 11) is 1.80. The lowest BCUT2D eigenvalue weighted by molar-refractivity contribution is 0.171. The molecule has 0 spiro atoms. The molecule has 0 radical (unpaired) electrons. The van der Waals surface area contributed by atoms with Crippen molar-refractivity contribution in [2.24, 2.45) is 5.92 Å². The molecule has 0 amide bonds. The van der Waals surface area contributed by atoms with E-state index in [4.69, 9.17) is 4.74 Å². The number of nitrogens with one attached hydrogen (secondary N) is 1. The average Bonchev–Trinajstić information content (AvgIpc) is 2.47. The Bertz CT molecular complexity index is 135. The minimum atomic E-state index is 0.642. The van der Waals surface area contributed by atoms with Gasteiger partial charge in [0.25, 0.3) is 0 Å². The van der Waals surface area contributed by atoms with Gasteiger partial charge < -0.3 is 10.1 Å². The van der Waals surface area contributed by atoms with Crippen LogP contribution in [0.1, 0.15) is 32.1 Å². The molecule has 1 aliphatic carbocycles. The molecule has 2 unspecified atom stereocenters. The van der Waals surface area contributed by atoms with Gasteiger partial charge in [-0.3, -0.25) is 0 Å². The maximum atomic E-state index is 5.17. The first kappa shape index (κ1) is 8.52. The molecule has 1 saturated heterocycles. The first-order chi connectivity index (χ1) is 5.90. The summed E-state index contributed by atoms with van der Waals surface area (Å²) in [5.41, 5.74) is 0. The summed E-state index contributed by atoms with van der Waals surface area (Å²) in [6, 6.07) is 1.46. The standard InChI is InChI=1S/C10H19NO/c1-12-7-9-6-8-4-2-3-5-10(8)11-9/h8-11H,2-7H2,1H3/t8?,9?,10-/m0/s1. The molecular formula is C10H19NO. The zero-order valence-electron chi connectivity index (χ0n) is 7.88. The van der Waals surface area contributed by atoms with Gasteiger partial charge in [0.15, 0.2) is 0 Å². The van der Waals surface area contributed by atoms with E-state index in [2.05, 4.69) is 5.32 Å². The monoisotopic (exact) mass is 169 g/mol. The van der Waals surface area contributed by atoms with Crippen molar-refractivity contribution in [3.8, 4) is 0 Å². The van der Waals surface area contributed by atoms with Gasteiger partial charge in [-0.15, -0.1) is 0 Å². The molecule has 2 rings (SSSR count). The summed E-state index contributed by atoms with van der Waals surface area (Å²) in [5, 5.41) is 3.67. The predicted molar refractivity (Wildman–Crippen MR) is 49.2 cm³/mol. The SMILES string of the molecule is COCC1CC2CCCC[C@@H]2N1. The summed E-state index contributed by atoms with van der Waals surface area (Å²) in [6.07, 6.45) is 7.05. The van der Waals surface area contributed by atoms with Gasteiger partial charge in [0.2, 0.25) is 0 Å². The largest absolute Gasteiger partial charge is 0.383 e. The molecular weight excluding hydrogens is 150 g/mol. The molecule has 2 aliphatic rings. The van der Waals surface area contributed by atoms with E-state index in [0.29, 0.717) is 6.04 Å². The van der Waals surface area contributed by atoms with Crippen molar-refractivity contribution in [2.45, 2.75) is 44.2 Å². The smallest absolute Gasteiger partial charge is 0.0616 e. The van der Waals surface area contributed by atoms with E-state index in [1.165, 1.54) is 32.1 Å². The van der Waals surface area contributed by atoms with E-state index < -0.39 is 0 Å². The zero-order chi connectivity index (χ0) is 8.39. The van der Waals surface area contributed by atoms with Crippen LogP contribution in [0.3, 0.4) is 0 Å². The first-order valence-corrected chi connectivity index (χ1v) is 5.15. The second kappa shape index (κ2) is 3.75. The highest BCUT2D eigenvalue weighted by atomic mass is 16.5. The lowest BCUT2D eigenvalue weighted by atomic mass is 9.85. The molecule has 3 atom stereocenters. The van der Waals surface area contributed by atoms with Crippen LogP contribution in [0.15, 0.2) is 0 Å². The van der Waals surface area contributed by atoms with Crippen LogP contribution >= 0.6 is 0 Å². The van der Waals surface area contributed by atoms with Crippen LogP contribution < -0.4 is 5.32 Å². The van der Waals surface area contributed by atoms with E-state index in [-0.39, 0.29) is 0 Å². The van der Waals surface area contributed by atoms with Crippen molar-refractivity contribution < 1.29 is 4.74 Å². The van der Waals surface area contributed by atoms with Crippen LogP contribution in [0.5, 0.6) is 0 Å². The third kappa shape index (κ3) is 1.64. The predicted octanol–water partition coefficient (Wildman–Crippen LogP) is 1.55. The summed E-state index contributed by atoms with van der Waals surface area (Å²) in [6.45, 7) is 0.896. The topological polar surface area (TPSA) is 21.3 Å². The molecule has 0 aromatic carbocycles. The molecule has 70 valence electrons. The highest BCUT2D eigenvalue weighted by Gasteiger charge is 2.34. The van der Waals surface area contributed by atoms with Crippen LogP contribution in [-0.4, -0.2) is 25.8 Å². The first-order valence-electron chi connectivity index (χ1n) is 5.15. The van der Waals surface area contributed by atoms with E-state index in [1.54, 1.807) is 7.11 Å². The summed E-state index contributed by atoms with van der Waals surface area (Å²) in [5.74, 6) is 0.957. The molecule has 2 fully saturated rings. The molecule has 12 heavy (non-hydrogen) atoms. The Morgan fingerprint density at radius 2 is 2.17 bits per heavy atom. The van der Waals surface area contributed by atoms with Crippen molar-refractivity contribution in [3.63, 3.8) is 0 Å². The van der Waals surface area contributed by atoms with Crippen molar-refractivity contribution in [1.82, 2.24) is 5.32 Å². The highest BCUT2D eigenvalue weighted by Crippen LogP contribution is 2.32. The number of ether oxygens (including phenoxy) is 1. The molecule has 0 aromatic heterocycles. The maximum Gasteiger partial charge on any atom is 0.0616 e. The van der Waals surface area contributed by atoms with E-state index in [0.717, 1.165) is 18.6 Å². The maximum absolute atomic E-state index is 5.17. The van der Waals surface area contributed by atoms with Crippen LogP contribution in [0.25, 0.3) is 0 Å². The Balaban J connectivity index is 1.85. The molecule has 1 aliphatic heterocycles. The summed E-state index contributed by atoms with van der Waals surface area (Å²) in [4.78, 5) is 0. The molecule has 0 bridgehead atoms. The lowest BCUT2D eigenvalue weighted by Crippen LogP contribution is -2.34. The number of fused-ring (bicyclic) bond motifs is 1. The number of hydrogen-bond donors (Lipinski definition) is 1. The quantitative estimate of drug-likeness (QED) is 0.677. The highest BCUT2D eigenvalue weighted by molar-refractivity contribution is 4.92. The molecule has 1 saturated carbocycles. The fraction of sp³-hybridized carbons (Fsp3) is 1.00. The Hall–Kier alpha value is -0.0800. The van der Waals surface area contributed by atoms with Crippen LogP contribution in [0.4, 0.5) is 0 Å². The lowest BCUT2D eigenvalue weighted by Gasteiger charge is -2.24. The Morgan fingerprint density at radius 3 is 2.92 bits per heavy atom. The Morgan fingerprint density at radius 1 is 1.33 bits per heavy atom. The number of methoxy groups -OCH3 is 1. The van der Waals surface area contributed by atoms with Crippen LogP contribution in [0.2, 0.25) is 0 Å². The summed E-state index contributed by atoms with van der Waals surface area (Å²) < 4.78 is 5.17. The minimum absolute atomic E-state index is 0.642. The fourth-order valence-corrected chi connectivity index (χ4v) is 2.76. The second-order valence-corrected chi connectivity index (χ2v) is 4.21. The van der Waals surface area contributed by atoms with Crippen molar-refractivity contribution >= 4 is 0 Å². The molecule has 0 aromatic rings. The van der Waals surface area contributed by atoms with Crippen LogP contribution in [-0.2, 0) is 4.74 Å². The molecule has 1 N–H and O–H groups in total. The Kier molecular flexibility index (Phi) is 2.66. The normalized spacial score (nSPS) is 41.2. The second-order valence-electron chi connectivity index (χ2n) is 4.21. The van der Waals surface area contributed by atoms with Gasteiger partial charge >= 0.3 is 0 Å². The van der Waals surface area contributed by atoms with Gasteiger partial charge in [0.05, 0.1) is 6.61 Å². The van der Waals surface area contributed by atoms with Crippen molar-refractivity contribution in [3.05, 3.63) is 0 Å².